The summed E-state index contributed by atoms with van der Waals surface area (Å²) in [5.74, 6) is 0.428. The lowest BCUT2D eigenvalue weighted by Crippen LogP contribution is -2.35. The minimum Gasteiger partial charge on any atom is -0.396 e. The maximum atomic E-state index is 12.2. The molecule has 0 aliphatic heterocycles. The van der Waals surface area contributed by atoms with E-state index in [1.807, 2.05) is 37.3 Å². The second kappa shape index (κ2) is 7.95. The zero-order valence-corrected chi connectivity index (χ0v) is 12.1. The molecule has 0 heterocycles. The molecule has 3 nitrogen and oxygen atoms in total. The largest absolute Gasteiger partial charge is 0.396 e. The van der Waals surface area contributed by atoms with E-state index in [0.717, 1.165) is 12.0 Å². The first-order chi connectivity index (χ1) is 9.10. The van der Waals surface area contributed by atoms with Crippen molar-refractivity contribution in [2.45, 2.75) is 39.7 Å². The summed E-state index contributed by atoms with van der Waals surface area (Å²) in [5, 5.41) is 12.2. The fourth-order valence-corrected chi connectivity index (χ4v) is 2.05. The van der Waals surface area contributed by atoms with E-state index in [1.54, 1.807) is 0 Å². The maximum absolute atomic E-state index is 12.2. The summed E-state index contributed by atoms with van der Waals surface area (Å²) in [4.78, 5) is 12.2. The molecule has 0 aromatic heterocycles. The van der Waals surface area contributed by atoms with Crippen LogP contribution in [0.2, 0.25) is 0 Å². The number of nitrogens with one attached hydrogen (secondary N) is 1. The molecule has 106 valence electrons. The van der Waals surface area contributed by atoms with Crippen LogP contribution < -0.4 is 5.32 Å². The van der Waals surface area contributed by atoms with Crippen molar-refractivity contribution in [2.24, 2.45) is 11.8 Å². The lowest BCUT2D eigenvalue weighted by molar-refractivity contribution is -0.126. The van der Waals surface area contributed by atoms with Gasteiger partial charge in [-0.15, -0.1) is 0 Å². The molecule has 3 unspecified atom stereocenters. The third-order valence-electron chi connectivity index (χ3n) is 3.85. The first kappa shape index (κ1) is 15.7. The molecule has 0 fully saturated rings. The Kier molecular flexibility index (Phi) is 6.57. The summed E-state index contributed by atoms with van der Waals surface area (Å²) in [6.45, 7) is 6.21. The highest BCUT2D eigenvalue weighted by Gasteiger charge is 2.22. The molecular formula is C16H25NO2. The number of aliphatic hydroxyl groups is 1. The van der Waals surface area contributed by atoms with Gasteiger partial charge in [0.1, 0.15) is 0 Å². The van der Waals surface area contributed by atoms with Crippen molar-refractivity contribution < 1.29 is 9.90 Å². The van der Waals surface area contributed by atoms with E-state index in [0.29, 0.717) is 12.3 Å². The van der Waals surface area contributed by atoms with Crippen LogP contribution in [-0.2, 0) is 4.79 Å². The van der Waals surface area contributed by atoms with Gasteiger partial charge in [0.2, 0.25) is 5.91 Å². The summed E-state index contributed by atoms with van der Waals surface area (Å²) in [7, 11) is 0. The van der Waals surface area contributed by atoms with Crippen LogP contribution >= 0.6 is 0 Å². The maximum Gasteiger partial charge on any atom is 0.223 e. The molecule has 1 aromatic carbocycles. The van der Waals surface area contributed by atoms with Crippen LogP contribution in [-0.4, -0.2) is 17.6 Å². The molecule has 1 amide bonds. The van der Waals surface area contributed by atoms with Crippen LogP contribution in [0.15, 0.2) is 30.3 Å². The normalized spacial score (nSPS) is 15.6. The van der Waals surface area contributed by atoms with Gasteiger partial charge in [-0.1, -0.05) is 57.5 Å². The van der Waals surface area contributed by atoms with E-state index in [9.17, 15) is 4.79 Å². The van der Waals surface area contributed by atoms with Gasteiger partial charge in [0, 0.05) is 12.5 Å². The molecule has 3 atom stereocenters. The Labute approximate surface area is 116 Å². The molecule has 0 radical (unpaired) electrons. The lowest BCUT2D eigenvalue weighted by Gasteiger charge is -2.23. The summed E-state index contributed by atoms with van der Waals surface area (Å²) < 4.78 is 0. The SMILES string of the molecule is CCC(C)C(C)C(=O)NC(CCO)c1ccccc1. The quantitative estimate of drug-likeness (QED) is 0.794. The average molecular weight is 263 g/mol. The van der Waals surface area contributed by atoms with E-state index in [4.69, 9.17) is 5.11 Å². The predicted molar refractivity (Wildman–Crippen MR) is 77.6 cm³/mol. The van der Waals surface area contributed by atoms with Crippen molar-refractivity contribution in [1.29, 1.82) is 0 Å². The Bertz CT molecular complexity index is 378. The van der Waals surface area contributed by atoms with Crippen LogP contribution in [0.25, 0.3) is 0 Å². The second-order valence-electron chi connectivity index (χ2n) is 5.16. The van der Waals surface area contributed by atoms with Crippen molar-refractivity contribution in [3.63, 3.8) is 0 Å². The highest BCUT2D eigenvalue weighted by molar-refractivity contribution is 5.79. The molecule has 0 spiro atoms. The number of carbonyl (C=O) groups is 1. The van der Waals surface area contributed by atoms with Crippen LogP contribution in [0.3, 0.4) is 0 Å². The van der Waals surface area contributed by atoms with Crippen molar-refractivity contribution in [3.8, 4) is 0 Å². The van der Waals surface area contributed by atoms with Gasteiger partial charge in [0.15, 0.2) is 0 Å². The van der Waals surface area contributed by atoms with Gasteiger partial charge in [0.25, 0.3) is 0 Å². The van der Waals surface area contributed by atoms with E-state index in [-0.39, 0.29) is 24.5 Å². The topological polar surface area (TPSA) is 49.3 Å². The van der Waals surface area contributed by atoms with Crippen LogP contribution in [0, 0.1) is 11.8 Å². The standard InChI is InChI=1S/C16H25NO2/c1-4-12(2)13(3)16(19)17-15(10-11-18)14-8-6-5-7-9-14/h5-9,12-13,15,18H,4,10-11H2,1-3H3,(H,17,19). The highest BCUT2D eigenvalue weighted by Crippen LogP contribution is 2.20. The summed E-state index contributed by atoms with van der Waals surface area (Å²) in [5.41, 5.74) is 1.04. The van der Waals surface area contributed by atoms with E-state index in [1.165, 1.54) is 0 Å². The first-order valence-electron chi connectivity index (χ1n) is 7.06. The molecule has 0 aliphatic rings. The molecule has 0 saturated heterocycles. The lowest BCUT2D eigenvalue weighted by atomic mass is 9.92. The summed E-state index contributed by atoms with van der Waals surface area (Å²) in [6.07, 6.45) is 1.54. The number of aliphatic hydroxyl groups excluding tert-OH is 1. The predicted octanol–water partition coefficient (Wildman–Crippen LogP) is 2.91. The number of benzene rings is 1. The third kappa shape index (κ3) is 4.67. The van der Waals surface area contributed by atoms with Crippen LogP contribution in [0.4, 0.5) is 0 Å². The first-order valence-corrected chi connectivity index (χ1v) is 7.06. The van der Waals surface area contributed by atoms with Crippen molar-refractivity contribution >= 4 is 5.91 Å². The van der Waals surface area contributed by atoms with E-state index in [2.05, 4.69) is 19.2 Å². The van der Waals surface area contributed by atoms with Gasteiger partial charge in [-0.3, -0.25) is 4.79 Å². The summed E-state index contributed by atoms with van der Waals surface area (Å²) >= 11 is 0. The van der Waals surface area contributed by atoms with Crippen LogP contribution in [0.5, 0.6) is 0 Å². The number of hydrogen-bond acceptors (Lipinski definition) is 2. The van der Waals surface area contributed by atoms with Gasteiger partial charge in [-0.25, -0.2) is 0 Å². The Morgan fingerprint density at radius 3 is 2.42 bits per heavy atom. The Balaban J connectivity index is 2.71. The molecule has 0 bridgehead atoms. The van der Waals surface area contributed by atoms with Gasteiger partial charge >= 0.3 is 0 Å². The zero-order valence-electron chi connectivity index (χ0n) is 12.1. The molecule has 1 aromatic rings. The van der Waals surface area contributed by atoms with Crippen molar-refractivity contribution in [2.75, 3.05) is 6.61 Å². The molecule has 19 heavy (non-hydrogen) atoms. The summed E-state index contributed by atoms with van der Waals surface area (Å²) in [6, 6.07) is 9.70. The zero-order chi connectivity index (χ0) is 14.3. The molecular weight excluding hydrogens is 238 g/mol. The number of hydrogen-bond donors (Lipinski definition) is 2. The highest BCUT2D eigenvalue weighted by atomic mass is 16.3. The van der Waals surface area contributed by atoms with Gasteiger partial charge < -0.3 is 10.4 Å². The smallest absolute Gasteiger partial charge is 0.223 e. The minimum absolute atomic E-state index is 0.00472. The molecule has 2 N–H and O–H groups in total. The fraction of sp³-hybridized carbons (Fsp3) is 0.562. The van der Waals surface area contributed by atoms with Gasteiger partial charge in [0.05, 0.1) is 6.04 Å². The molecule has 0 aliphatic carbocycles. The van der Waals surface area contributed by atoms with E-state index < -0.39 is 0 Å². The monoisotopic (exact) mass is 263 g/mol. The van der Waals surface area contributed by atoms with E-state index >= 15 is 0 Å². The Hall–Kier alpha value is -1.35. The van der Waals surface area contributed by atoms with Gasteiger partial charge in [-0.2, -0.15) is 0 Å². The molecule has 0 saturated carbocycles. The Morgan fingerprint density at radius 2 is 1.89 bits per heavy atom. The Morgan fingerprint density at radius 1 is 1.26 bits per heavy atom. The molecule has 3 heteroatoms. The minimum atomic E-state index is -0.106. The number of rotatable bonds is 7. The molecule has 1 rings (SSSR count). The number of carbonyl (C=O) groups excluding carboxylic acids is 1. The van der Waals surface area contributed by atoms with Crippen molar-refractivity contribution in [3.05, 3.63) is 35.9 Å². The fourth-order valence-electron chi connectivity index (χ4n) is 2.05. The average Bonchev–Trinajstić information content (AvgIpc) is 2.46. The van der Waals surface area contributed by atoms with Crippen LogP contribution in [0.1, 0.15) is 45.2 Å². The van der Waals surface area contributed by atoms with Crippen molar-refractivity contribution in [1.82, 2.24) is 5.32 Å². The second-order valence-corrected chi connectivity index (χ2v) is 5.16. The third-order valence-corrected chi connectivity index (χ3v) is 3.85. The van der Waals surface area contributed by atoms with Gasteiger partial charge in [-0.05, 0) is 17.9 Å². The number of amides is 1.